The first-order valence-corrected chi connectivity index (χ1v) is 16.8. The fourth-order valence-electron chi connectivity index (χ4n) is 6.32. The largest absolute Gasteiger partial charge is 0.504 e. The van der Waals surface area contributed by atoms with Crippen LogP contribution in [-0.4, -0.2) is 118 Å². The number of aliphatic hydroxyl groups is 1. The van der Waals surface area contributed by atoms with Crippen molar-refractivity contribution in [3.05, 3.63) is 47.5 Å². The number of amides is 6. The van der Waals surface area contributed by atoms with Gasteiger partial charge in [-0.1, -0.05) is 12.1 Å². The number of rotatable bonds is 10. The molecule has 3 fully saturated rings. The number of hydrogen-bond donors (Lipinski definition) is 6. The van der Waals surface area contributed by atoms with E-state index in [1.807, 2.05) is 0 Å². The van der Waals surface area contributed by atoms with Crippen LogP contribution in [0, 0.1) is 5.92 Å². The molecule has 4 atom stereocenters. The van der Waals surface area contributed by atoms with Crippen molar-refractivity contribution >= 4 is 59.3 Å². The Bertz CT molecular complexity index is 1940. The number of carboxylic acid groups (broad SMARTS) is 1. The lowest BCUT2D eigenvalue weighted by molar-refractivity contribution is -0.181. The molecule has 0 aromatic heterocycles. The lowest BCUT2D eigenvalue weighted by atomic mass is 9.86. The molecule has 0 saturated carbocycles. The lowest BCUT2D eigenvalue weighted by Gasteiger charge is -2.49. The van der Waals surface area contributed by atoms with E-state index in [1.54, 1.807) is 0 Å². The zero-order valence-corrected chi connectivity index (χ0v) is 29.5. The van der Waals surface area contributed by atoms with Crippen molar-refractivity contribution in [3.8, 4) is 23.0 Å². The van der Waals surface area contributed by atoms with Crippen molar-refractivity contribution in [1.29, 1.82) is 0 Å². The van der Waals surface area contributed by atoms with E-state index in [1.165, 1.54) is 38.1 Å². The van der Waals surface area contributed by atoms with Crippen LogP contribution >= 0.6 is 11.8 Å². The highest BCUT2D eigenvalue weighted by Gasteiger charge is 2.73. The quantitative estimate of drug-likeness (QED) is 0.0601. The zero-order valence-electron chi connectivity index (χ0n) is 28.6. The van der Waals surface area contributed by atoms with Crippen LogP contribution in [-0.2, 0) is 40.1 Å². The summed E-state index contributed by atoms with van der Waals surface area (Å²) in [5, 5.41) is 43.6. The summed E-state index contributed by atoms with van der Waals surface area (Å²) < 4.78 is 8.84. The highest BCUT2D eigenvalue weighted by Crippen LogP contribution is 2.57. The lowest BCUT2D eigenvalue weighted by Crippen LogP contribution is -2.77. The van der Waals surface area contributed by atoms with E-state index in [0.29, 0.717) is 10.5 Å². The summed E-state index contributed by atoms with van der Waals surface area (Å²) in [7, 11) is 0. The number of esters is 2. The van der Waals surface area contributed by atoms with Crippen LogP contribution in [0.1, 0.15) is 44.9 Å². The summed E-state index contributed by atoms with van der Waals surface area (Å²) in [6.45, 7) is 3.77. The van der Waals surface area contributed by atoms with E-state index in [-0.39, 0.29) is 36.7 Å². The van der Waals surface area contributed by atoms with Crippen LogP contribution in [0.15, 0.2) is 36.4 Å². The van der Waals surface area contributed by atoms with Gasteiger partial charge in [0.1, 0.15) is 6.04 Å². The first kappa shape index (κ1) is 38.3. The Labute approximate surface area is 304 Å². The number of carbonyl (C=O) groups is 8. The van der Waals surface area contributed by atoms with Crippen molar-refractivity contribution in [3.63, 3.8) is 0 Å². The standard InChI is InChI=1S/C33H35N5O14S/c1-15(40)51-22-8-6-18(12-23(22)52-16(2)41)24(25(44)35-33(30(48)49)32(3,4)53-29-19(14-39)26(45)38(29)33)34-31(50)37-10-9-36(27(46)28(37)47)13-17-5-7-20(42)21(43)11-17/h5-8,11-12,19,24,29,39,42-43H,9-10,13-14H2,1-4H3,(H,34,50)(H,35,44)(H,48,49)/t19-,24?,29-,33+/m1/s1. The molecule has 0 bridgehead atoms. The number of nitrogens with one attached hydrogen (secondary N) is 2. The number of phenolic OH excluding ortho intramolecular Hbond substituents is 2. The monoisotopic (exact) mass is 757 g/mol. The van der Waals surface area contributed by atoms with Gasteiger partial charge in [0.25, 0.3) is 0 Å². The number of phenols is 2. The number of urea groups is 1. The molecule has 3 aliphatic heterocycles. The van der Waals surface area contributed by atoms with Crippen molar-refractivity contribution in [2.45, 2.75) is 56.1 Å². The Morgan fingerprint density at radius 3 is 2.19 bits per heavy atom. The topological polar surface area (TPSA) is 270 Å². The third-order valence-corrected chi connectivity index (χ3v) is 10.6. The average molecular weight is 758 g/mol. The van der Waals surface area contributed by atoms with Gasteiger partial charge in [0.05, 0.1) is 22.6 Å². The van der Waals surface area contributed by atoms with Crippen molar-refractivity contribution in [2.75, 3.05) is 19.7 Å². The van der Waals surface area contributed by atoms with E-state index >= 15 is 0 Å². The van der Waals surface area contributed by atoms with E-state index in [0.717, 1.165) is 47.5 Å². The third-order valence-electron chi connectivity index (χ3n) is 8.92. The summed E-state index contributed by atoms with van der Waals surface area (Å²) in [4.78, 5) is 107. The summed E-state index contributed by atoms with van der Waals surface area (Å²) in [6, 6.07) is 4.04. The summed E-state index contributed by atoms with van der Waals surface area (Å²) in [6.07, 6.45) is 0. The molecule has 3 heterocycles. The van der Waals surface area contributed by atoms with E-state index in [4.69, 9.17) is 9.47 Å². The molecule has 1 unspecified atom stereocenters. The number of thioether (sulfide) groups is 1. The molecule has 0 aliphatic carbocycles. The minimum atomic E-state index is -2.42. The molecule has 6 amide bonds. The molecular formula is C33H35N5O14S. The molecule has 5 rings (SSSR count). The molecule has 282 valence electrons. The van der Waals surface area contributed by atoms with Gasteiger partial charge in [-0.05, 0) is 49.2 Å². The molecule has 2 aromatic rings. The van der Waals surface area contributed by atoms with Gasteiger partial charge in [-0.15, -0.1) is 11.8 Å². The molecule has 20 heteroatoms. The first-order chi connectivity index (χ1) is 24.8. The number of carboxylic acids is 1. The number of ether oxygens (including phenoxy) is 2. The van der Waals surface area contributed by atoms with Crippen LogP contribution < -0.4 is 20.1 Å². The van der Waals surface area contributed by atoms with Gasteiger partial charge in [-0.3, -0.25) is 38.6 Å². The van der Waals surface area contributed by atoms with Gasteiger partial charge in [0.15, 0.2) is 23.0 Å². The van der Waals surface area contributed by atoms with Crippen LogP contribution in [0.4, 0.5) is 4.79 Å². The number of imide groups is 1. The number of β-lactam (4-membered cyclic amide) rings is 1. The first-order valence-electron chi connectivity index (χ1n) is 15.9. The van der Waals surface area contributed by atoms with Crippen molar-refractivity contribution in [2.24, 2.45) is 5.92 Å². The predicted molar refractivity (Wildman–Crippen MR) is 179 cm³/mol. The van der Waals surface area contributed by atoms with Crippen molar-refractivity contribution in [1.82, 2.24) is 25.3 Å². The second kappa shape index (κ2) is 14.3. The normalized spacial score (nSPS) is 22.4. The fraction of sp³-hybridized carbons (Fsp3) is 0.394. The number of carbonyl (C=O) groups excluding carboxylic acids is 7. The Balaban J connectivity index is 1.48. The summed E-state index contributed by atoms with van der Waals surface area (Å²) in [5.41, 5.74) is -2.22. The maximum Gasteiger partial charge on any atom is 0.352 e. The number of nitrogens with zero attached hydrogens (tertiary/aromatic N) is 3. The molecule has 3 aliphatic rings. The molecule has 0 spiro atoms. The molecule has 53 heavy (non-hydrogen) atoms. The van der Waals surface area contributed by atoms with Gasteiger partial charge < -0.3 is 45.4 Å². The van der Waals surface area contributed by atoms with E-state index in [2.05, 4.69) is 10.6 Å². The van der Waals surface area contributed by atoms with Gasteiger partial charge in [0.2, 0.25) is 17.5 Å². The highest BCUT2D eigenvalue weighted by molar-refractivity contribution is 8.01. The van der Waals surface area contributed by atoms with Gasteiger partial charge in [-0.25, -0.2) is 9.59 Å². The number of aromatic hydroxyl groups is 2. The fourth-order valence-corrected chi connectivity index (χ4v) is 8.07. The minimum absolute atomic E-state index is 0.162. The number of aliphatic carboxylic acids is 1. The van der Waals surface area contributed by atoms with Crippen LogP contribution in [0.2, 0.25) is 0 Å². The Hall–Kier alpha value is -5.89. The molecule has 0 radical (unpaired) electrons. The summed E-state index contributed by atoms with van der Waals surface area (Å²) >= 11 is 1.03. The van der Waals surface area contributed by atoms with Crippen LogP contribution in [0.3, 0.4) is 0 Å². The highest BCUT2D eigenvalue weighted by atomic mass is 32.2. The van der Waals surface area contributed by atoms with Crippen LogP contribution in [0.25, 0.3) is 0 Å². The number of benzene rings is 2. The Kier molecular flexibility index (Phi) is 10.3. The average Bonchev–Trinajstić information content (AvgIpc) is 3.27. The second-order valence-corrected chi connectivity index (χ2v) is 14.5. The number of fused-ring (bicyclic) bond motifs is 1. The second-order valence-electron chi connectivity index (χ2n) is 12.8. The summed E-state index contributed by atoms with van der Waals surface area (Å²) in [5.74, 6) is -10.1. The Morgan fingerprint density at radius 2 is 1.58 bits per heavy atom. The van der Waals surface area contributed by atoms with Crippen LogP contribution in [0.5, 0.6) is 23.0 Å². The molecule has 6 N–H and O–H groups in total. The number of hydrogen-bond acceptors (Lipinski definition) is 14. The maximum atomic E-state index is 14.3. The zero-order chi connectivity index (χ0) is 39.2. The Morgan fingerprint density at radius 1 is 0.925 bits per heavy atom. The van der Waals surface area contributed by atoms with Gasteiger partial charge in [-0.2, -0.15) is 0 Å². The molecular weight excluding hydrogens is 722 g/mol. The smallest absolute Gasteiger partial charge is 0.352 e. The maximum absolute atomic E-state index is 14.3. The van der Waals surface area contributed by atoms with Crippen molar-refractivity contribution < 1.29 is 68.3 Å². The molecule has 2 aromatic carbocycles. The van der Waals surface area contributed by atoms with Gasteiger partial charge in [0, 0.05) is 33.5 Å². The number of piperazine rings is 1. The SMILES string of the molecule is CC(=O)Oc1ccc(C(NC(=O)N2CCN(Cc3ccc(O)c(O)c3)C(=O)C2=O)C(=O)N[C@@]2(C(=O)O)N3C(=O)[C@@H](CO)[C@H]3SC2(C)C)cc1OC(C)=O. The van der Waals surface area contributed by atoms with E-state index in [9.17, 15) is 58.8 Å². The van der Waals surface area contributed by atoms with E-state index < -0.39 is 93.4 Å². The predicted octanol–water partition coefficient (Wildman–Crippen LogP) is -0.231. The molecule has 19 nitrogen and oxygen atoms in total. The number of aliphatic hydroxyl groups excluding tert-OH is 1. The van der Waals surface area contributed by atoms with Gasteiger partial charge >= 0.3 is 35.8 Å². The molecule has 3 saturated heterocycles. The third kappa shape index (κ3) is 6.89. The minimum Gasteiger partial charge on any atom is -0.504 e.